The van der Waals surface area contributed by atoms with E-state index in [1.54, 1.807) is 44.0 Å². The van der Waals surface area contributed by atoms with Crippen molar-refractivity contribution in [2.45, 2.75) is 45.8 Å². The smallest absolute Gasteiger partial charge is 0.223 e. The van der Waals surface area contributed by atoms with Gasteiger partial charge < -0.3 is 14.9 Å². The number of Topliss-reactive ketones (excluding diaryl/α,β-unsaturated/α-hetero) is 1. The van der Waals surface area contributed by atoms with Gasteiger partial charge in [-0.2, -0.15) is 0 Å². The van der Waals surface area contributed by atoms with Crippen LogP contribution >= 0.6 is 0 Å². The van der Waals surface area contributed by atoms with E-state index in [4.69, 9.17) is 0 Å². The first-order chi connectivity index (χ1) is 11.7. The van der Waals surface area contributed by atoms with Crippen molar-refractivity contribution < 1.29 is 19.5 Å². The molecule has 0 unspecified atom stereocenters. The molecular weight excluding hydrogens is 320 g/mol. The number of fused-ring (bicyclic) bond motifs is 1. The zero-order valence-electron chi connectivity index (χ0n) is 15.1. The third-order valence-electron chi connectivity index (χ3n) is 5.53. The summed E-state index contributed by atoms with van der Waals surface area (Å²) in [5.74, 6) is -0.280. The van der Waals surface area contributed by atoms with Crippen LogP contribution in [0.15, 0.2) is 18.2 Å². The fraction of sp³-hybridized carbons (Fsp3) is 0.526. The summed E-state index contributed by atoms with van der Waals surface area (Å²) in [6, 6.07) is 4.61. The number of hydrogen-bond donors (Lipinski definition) is 1. The zero-order chi connectivity index (χ0) is 18.5. The van der Waals surface area contributed by atoms with Gasteiger partial charge in [-0.1, -0.05) is 0 Å². The molecule has 25 heavy (non-hydrogen) atoms. The highest BCUT2D eigenvalue weighted by atomic mass is 16.3. The standard InChI is InChI=1S/C19H24N2O4/c1-11(22)20(4)12-7-8-13-14(10-12)16(21-9-5-6-15(21)23)18(25)19(2,3)17(13)24/h7-8,10,16,18,25H,5-6,9H2,1-4H3/t16-,18+/m0/s1. The van der Waals surface area contributed by atoms with Gasteiger partial charge in [0.25, 0.3) is 0 Å². The molecule has 0 saturated carbocycles. The molecule has 6 nitrogen and oxygen atoms in total. The number of aliphatic hydroxyl groups excluding tert-OH is 1. The van der Waals surface area contributed by atoms with Gasteiger partial charge in [-0.05, 0) is 44.0 Å². The number of hydrogen-bond acceptors (Lipinski definition) is 4. The Morgan fingerprint density at radius 2 is 2.00 bits per heavy atom. The van der Waals surface area contributed by atoms with E-state index in [9.17, 15) is 19.5 Å². The van der Waals surface area contributed by atoms with Gasteiger partial charge in [0.2, 0.25) is 11.8 Å². The summed E-state index contributed by atoms with van der Waals surface area (Å²) < 4.78 is 0. The Bertz CT molecular complexity index is 756. The normalized spacial score (nSPS) is 25.1. The number of carbonyl (C=O) groups is 3. The van der Waals surface area contributed by atoms with Crippen LogP contribution in [0.2, 0.25) is 0 Å². The molecule has 6 heteroatoms. The van der Waals surface area contributed by atoms with Crippen molar-refractivity contribution in [3.63, 3.8) is 0 Å². The molecule has 0 radical (unpaired) electrons. The second-order valence-corrected chi connectivity index (χ2v) is 7.48. The summed E-state index contributed by atoms with van der Waals surface area (Å²) in [6.07, 6.45) is 0.214. The van der Waals surface area contributed by atoms with Gasteiger partial charge in [-0.3, -0.25) is 14.4 Å². The van der Waals surface area contributed by atoms with Crippen molar-refractivity contribution in [3.8, 4) is 0 Å². The first-order valence-electron chi connectivity index (χ1n) is 8.57. The quantitative estimate of drug-likeness (QED) is 0.889. The molecule has 2 amide bonds. The molecule has 0 bridgehead atoms. The van der Waals surface area contributed by atoms with Crippen molar-refractivity contribution >= 4 is 23.3 Å². The SMILES string of the molecule is CC(=O)N(C)c1ccc2c(c1)[C@H](N1CCCC1=O)[C@@H](O)C(C)(C)C2=O. The van der Waals surface area contributed by atoms with Gasteiger partial charge in [-0.25, -0.2) is 0 Å². The lowest BCUT2D eigenvalue weighted by Crippen LogP contribution is -2.51. The predicted molar refractivity (Wildman–Crippen MR) is 93.3 cm³/mol. The van der Waals surface area contributed by atoms with Gasteiger partial charge >= 0.3 is 0 Å². The Labute approximate surface area is 147 Å². The summed E-state index contributed by atoms with van der Waals surface area (Å²) in [4.78, 5) is 40.0. The first kappa shape index (κ1) is 17.6. The van der Waals surface area contributed by atoms with Crippen LogP contribution in [0.4, 0.5) is 5.69 Å². The molecule has 1 aromatic carbocycles. The van der Waals surface area contributed by atoms with Crippen LogP contribution in [0.1, 0.15) is 55.6 Å². The van der Waals surface area contributed by atoms with Crippen molar-refractivity contribution in [1.29, 1.82) is 0 Å². The second kappa shape index (κ2) is 5.95. The number of carbonyl (C=O) groups excluding carboxylic acids is 3. The summed E-state index contributed by atoms with van der Waals surface area (Å²) in [7, 11) is 1.66. The Hall–Kier alpha value is -2.21. The van der Waals surface area contributed by atoms with E-state index in [-0.39, 0.29) is 17.6 Å². The lowest BCUT2D eigenvalue weighted by atomic mass is 9.68. The minimum Gasteiger partial charge on any atom is -0.390 e. The van der Waals surface area contributed by atoms with Crippen molar-refractivity contribution in [1.82, 2.24) is 4.90 Å². The summed E-state index contributed by atoms with van der Waals surface area (Å²) >= 11 is 0. The molecule has 1 fully saturated rings. The number of likely N-dealkylation sites (tertiary alicyclic amines) is 1. The van der Waals surface area contributed by atoms with Crippen LogP contribution in [0.3, 0.4) is 0 Å². The number of amides is 2. The van der Waals surface area contributed by atoms with Gasteiger partial charge in [0.15, 0.2) is 5.78 Å². The summed E-state index contributed by atoms with van der Waals surface area (Å²) in [5, 5.41) is 10.9. The van der Waals surface area contributed by atoms with Crippen LogP contribution in [-0.4, -0.2) is 47.3 Å². The molecule has 2 aliphatic rings. The third kappa shape index (κ3) is 2.65. The highest BCUT2D eigenvalue weighted by molar-refractivity contribution is 6.04. The predicted octanol–water partition coefficient (Wildman–Crippen LogP) is 1.92. The monoisotopic (exact) mass is 344 g/mol. The van der Waals surface area contributed by atoms with Gasteiger partial charge in [0.1, 0.15) is 0 Å². The van der Waals surface area contributed by atoms with Gasteiger partial charge in [0.05, 0.1) is 17.6 Å². The molecule has 0 spiro atoms. The number of anilines is 1. The Morgan fingerprint density at radius 3 is 2.56 bits per heavy atom. The number of nitrogens with zero attached hydrogens (tertiary/aromatic N) is 2. The zero-order valence-corrected chi connectivity index (χ0v) is 15.1. The molecule has 2 atom stereocenters. The highest BCUT2D eigenvalue weighted by Crippen LogP contribution is 2.45. The molecule has 1 aliphatic heterocycles. The fourth-order valence-electron chi connectivity index (χ4n) is 3.74. The summed E-state index contributed by atoms with van der Waals surface area (Å²) in [6.45, 7) is 5.46. The molecule has 134 valence electrons. The van der Waals surface area contributed by atoms with Crippen LogP contribution in [0, 0.1) is 5.41 Å². The van der Waals surface area contributed by atoms with Crippen molar-refractivity contribution in [2.24, 2.45) is 5.41 Å². The Morgan fingerprint density at radius 1 is 1.32 bits per heavy atom. The molecule has 1 heterocycles. The van der Waals surface area contributed by atoms with E-state index >= 15 is 0 Å². The number of ketones is 1. The molecule has 1 aliphatic carbocycles. The molecular formula is C19H24N2O4. The largest absolute Gasteiger partial charge is 0.390 e. The van der Waals surface area contributed by atoms with E-state index in [2.05, 4.69) is 0 Å². The molecule has 3 rings (SSSR count). The minimum absolute atomic E-state index is 0.00882. The summed E-state index contributed by atoms with van der Waals surface area (Å²) in [5.41, 5.74) is 0.801. The molecule has 1 aromatic rings. The number of benzene rings is 1. The van der Waals surface area contributed by atoms with Crippen LogP contribution in [-0.2, 0) is 9.59 Å². The minimum atomic E-state index is -0.993. The number of aliphatic hydroxyl groups is 1. The average molecular weight is 344 g/mol. The Kier molecular flexibility index (Phi) is 4.19. The van der Waals surface area contributed by atoms with Gasteiger partial charge in [0, 0.05) is 38.2 Å². The average Bonchev–Trinajstić information content (AvgIpc) is 2.98. The van der Waals surface area contributed by atoms with Crippen LogP contribution in [0.5, 0.6) is 0 Å². The molecule has 0 aromatic heterocycles. The highest BCUT2D eigenvalue weighted by Gasteiger charge is 2.50. The Balaban J connectivity index is 2.17. The van der Waals surface area contributed by atoms with Crippen LogP contribution in [0.25, 0.3) is 0 Å². The van der Waals surface area contributed by atoms with E-state index in [0.29, 0.717) is 29.8 Å². The van der Waals surface area contributed by atoms with Crippen LogP contribution < -0.4 is 4.90 Å². The first-order valence-corrected chi connectivity index (χ1v) is 8.57. The maximum Gasteiger partial charge on any atom is 0.223 e. The van der Waals surface area contributed by atoms with E-state index in [1.807, 2.05) is 0 Å². The van der Waals surface area contributed by atoms with Gasteiger partial charge in [-0.15, -0.1) is 0 Å². The lowest BCUT2D eigenvalue weighted by molar-refractivity contribution is -0.134. The fourth-order valence-corrected chi connectivity index (χ4v) is 3.74. The van der Waals surface area contributed by atoms with E-state index in [1.165, 1.54) is 11.8 Å². The third-order valence-corrected chi connectivity index (χ3v) is 5.53. The molecule has 1 saturated heterocycles. The lowest BCUT2D eigenvalue weighted by Gasteiger charge is -2.44. The molecule has 1 N–H and O–H groups in total. The van der Waals surface area contributed by atoms with E-state index in [0.717, 1.165) is 6.42 Å². The van der Waals surface area contributed by atoms with E-state index < -0.39 is 17.6 Å². The number of rotatable bonds is 2. The topological polar surface area (TPSA) is 77.9 Å². The van der Waals surface area contributed by atoms with Crippen molar-refractivity contribution in [3.05, 3.63) is 29.3 Å². The van der Waals surface area contributed by atoms with Crippen molar-refractivity contribution in [2.75, 3.05) is 18.5 Å². The maximum absolute atomic E-state index is 12.9. The maximum atomic E-state index is 12.9. The second-order valence-electron chi connectivity index (χ2n) is 7.48.